The lowest BCUT2D eigenvalue weighted by molar-refractivity contribution is -0.119. The Labute approximate surface area is 147 Å². The highest BCUT2D eigenvalue weighted by Crippen LogP contribution is 2.18. The fourth-order valence-corrected chi connectivity index (χ4v) is 2.68. The van der Waals surface area contributed by atoms with E-state index in [0.29, 0.717) is 5.69 Å². The molecule has 132 valence electrons. The minimum Gasteiger partial charge on any atom is -0.379 e. The van der Waals surface area contributed by atoms with Crippen LogP contribution in [-0.4, -0.2) is 28.0 Å². The number of anilines is 1. The van der Waals surface area contributed by atoms with E-state index in [-0.39, 0.29) is 18.3 Å². The van der Waals surface area contributed by atoms with Crippen molar-refractivity contribution in [2.75, 3.05) is 19.0 Å². The normalized spacial score (nSPS) is 11.4. The number of methoxy groups -OCH3 is 1. The van der Waals surface area contributed by atoms with Gasteiger partial charge in [0.1, 0.15) is 12.4 Å². The van der Waals surface area contributed by atoms with Gasteiger partial charge in [0.05, 0.1) is 5.41 Å². The fraction of sp³-hybridized carbons (Fsp3) is 0.167. The Kier molecular flexibility index (Phi) is 6.32. The molecule has 0 bridgehead atoms. The summed E-state index contributed by atoms with van der Waals surface area (Å²) in [6.07, 6.45) is 1.47. The Morgan fingerprint density at radius 1 is 1.08 bits per heavy atom. The molecule has 0 spiro atoms. The van der Waals surface area contributed by atoms with Crippen LogP contribution in [0.2, 0.25) is 0 Å². The molecule has 0 unspecified atom stereocenters. The second-order valence-corrected chi connectivity index (χ2v) is 6.72. The summed E-state index contributed by atoms with van der Waals surface area (Å²) >= 11 is 0. The molecular formula is C18H19NO5S. The Bertz CT molecular complexity index is 840. The van der Waals surface area contributed by atoms with Gasteiger partial charge in [-0.3, -0.25) is 4.79 Å². The summed E-state index contributed by atoms with van der Waals surface area (Å²) in [4.78, 5) is 11.4. The van der Waals surface area contributed by atoms with Gasteiger partial charge >= 0.3 is 10.1 Å². The SMILES string of the molecule is COCC(=O)Nc1ccc(OS(=O)(=O)C=Cc2ccc(C)cc2)cc1. The number of rotatable bonds is 7. The number of amides is 1. The van der Waals surface area contributed by atoms with E-state index in [1.807, 2.05) is 31.2 Å². The minimum absolute atomic E-state index is 0.0591. The van der Waals surface area contributed by atoms with Crippen LogP contribution in [0.4, 0.5) is 5.69 Å². The van der Waals surface area contributed by atoms with Gasteiger partial charge in [0, 0.05) is 12.8 Å². The van der Waals surface area contributed by atoms with Crippen LogP contribution in [0.3, 0.4) is 0 Å². The molecule has 2 aromatic rings. The van der Waals surface area contributed by atoms with Gasteiger partial charge in [0.2, 0.25) is 5.91 Å². The van der Waals surface area contributed by atoms with Crippen molar-refractivity contribution in [3.8, 4) is 5.75 Å². The maximum atomic E-state index is 12.0. The number of carbonyl (C=O) groups excluding carboxylic acids is 1. The Hall–Kier alpha value is -2.64. The zero-order valence-corrected chi connectivity index (χ0v) is 14.7. The molecule has 0 saturated carbocycles. The lowest BCUT2D eigenvalue weighted by Gasteiger charge is -2.06. The fourth-order valence-electron chi connectivity index (χ4n) is 1.92. The third-order valence-electron chi connectivity index (χ3n) is 3.13. The quantitative estimate of drug-likeness (QED) is 0.767. The summed E-state index contributed by atoms with van der Waals surface area (Å²) in [5.41, 5.74) is 2.37. The molecule has 0 aliphatic heterocycles. The lowest BCUT2D eigenvalue weighted by Crippen LogP contribution is -2.16. The second kappa shape index (κ2) is 8.46. The zero-order valence-electron chi connectivity index (χ0n) is 13.9. The average Bonchev–Trinajstić information content (AvgIpc) is 2.56. The number of benzene rings is 2. The van der Waals surface area contributed by atoms with Crippen LogP contribution in [0, 0.1) is 6.92 Å². The van der Waals surface area contributed by atoms with Gasteiger partial charge in [-0.15, -0.1) is 0 Å². The van der Waals surface area contributed by atoms with Crippen molar-refractivity contribution in [1.29, 1.82) is 0 Å². The molecule has 0 atom stereocenters. The highest BCUT2D eigenvalue weighted by Gasteiger charge is 2.09. The molecule has 0 fully saturated rings. The van der Waals surface area contributed by atoms with E-state index < -0.39 is 10.1 Å². The molecule has 2 rings (SSSR count). The van der Waals surface area contributed by atoms with E-state index in [4.69, 9.17) is 8.92 Å². The van der Waals surface area contributed by atoms with Crippen LogP contribution < -0.4 is 9.50 Å². The number of aryl methyl sites for hydroxylation is 1. The van der Waals surface area contributed by atoms with Crippen molar-refractivity contribution >= 4 is 27.8 Å². The van der Waals surface area contributed by atoms with E-state index in [2.05, 4.69) is 5.32 Å². The van der Waals surface area contributed by atoms with Crippen LogP contribution in [0.5, 0.6) is 5.75 Å². The predicted molar refractivity (Wildman–Crippen MR) is 96.7 cm³/mol. The van der Waals surface area contributed by atoms with Crippen LogP contribution in [0.15, 0.2) is 53.9 Å². The molecule has 1 N–H and O–H groups in total. The average molecular weight is 361 g/mol. The first kappa shape index (κ1) is 18.7. The number of nitrogens with one attached hydrogen (secondary N) is 1. The molecule has 0 aliphatic carbocycles. The highest BCUT2D eigenvalue weighted by molar-refractivity contribution is 7.90. The molecule has 0 radical (unpaired) electrons. The minimum atomic E-state index is -3.88. The summed E-state index contributed by atoms with van der Waals surface area (Å²) in [6, 6.07) is 13.4. The predicted octanol–water partition coefficient (Wildman–Crippen LogP) is 2.96. The molecule has 6 nitrogen and oxygen atoms in total. The van der Waals surface area contributed by atoms with Crippen LogP contribution in [0.25, 0.3) is 6.08 Å². The van der Waals surface area contributed by atoms with Crippen molar-refractivity contribution in [3.63, 3.8) is 0 Å². The summed E-state index contributed by atoms with van der Waals surface area (Å²) in [6.45, 7) is 1.89. The summed E-state index contributed by atoms with van der Waals surface area (Å²) in [7, 11) is -2.45. The van der Waals surface area contributed by atoms with Crippen molar-refractivity contribution in [2.45, 2.75) is 6.92 Å². The van der Waals surface area contributed by atoms with Crippen molar-refractivity contribution < 1.29 is 22.1 Å². The van der Waals surface area contributed by atoms with E-state index in [1.54, 1.807) is 12.1 Å². The molecule has 2 aromatic carbocycles. The number of ether oxygens (including phenoxy) is 1. The Balaban J connectivity index is 2.00. The molecule has 0 aliphatic rings. The zero-order chi connectivity index (χ0) is 18.3. The van der Waals surface area contributed by atoms with E-state index in [9.17, 15) is 13.2 Å². The maximum absolute atomic E-state index is 12.0. The van der Waals surface area contributed by atoms with Crippen LogP contribution >= 0.6 is 0 Å². The summed E-state index contributed by atoms with van der Waals surface area (Å²) < 4.78 is 33.7. The third-order valence-corrected chi connectivity index (χ3v) is 4.02. The first-order valence-electron chi connectivity index (χ1n) is 7.46. The van der Waals surface area contributed by atoms with Gasteiger partial charge in [-0.1, -0.05) is 29.8 Å². The highest BCUT2D eigenvalue weighted by atomic mass is 32.2. The number of hydrogen-bond acceptors (Lipinski definition) is 5. The molecule has 0 heterocycles. The summed E-state index contributed by atoms with van der Waals surface area (Å²) in [5, 5.41) is 3.61. The lowest BCUT2D eigenvalue weighted by atomic mass is 10.2. The molecule has 25 heavy (non-hydrogen) atoms. The van der Waals surface area contributed by atoms with Crippen molar-refractivity contribution in [3.05, 3.63) is 65.1 Å². The largest absolute Gasteiger partial charge is 0.379 e. The first-order valence-corrected chi connectivity index (χ1v) is 8.93. The Morgan fingerprint density at radius 3 is 2.32 bits per heavy atom. The standard InChI is InChI=1S/C18H19NO5S/c1-14-3-5-15(6-4-14)11-12-25(21,22)24-17-9-7-16(8-10-17)19-18(20)13-23-2/h3-12H,13H2,1-2H3,(H,19,20). The van der Waals surface area contributed by atoms with E-state index >= 15 is 0 Å². The Morgan fingerprint density at radius 2 is 1.72 bits per heavy atom. The smallest absolute Gasteiger partial charge is 0.332 e. The van der Waals surface area contributed by atoms with Crippen LogP contribution in [0.1, 0.15) is 11.1 Å². The number of hydrogen-bond donors (Lipinski definition) is 1. The molecular weight excluding hydrogens is 342 g/mol. The van der Waals surface area contributed by atoms with Gasteiger partial charge in [-0.2, -0.15) is 8.42 Å². The van der Waals surface area contributed by atoms with Crippen molar-refractivity contribution in [2.24, 2.45) is 0 Å². The summed E-state index contributed by atoms with van der Waals surface area (Å²) in [5.74, 6) is -0.150. The van der Waals surface area contributed by atoms with Gasteiger partial charge in [0.15, 0.2) is 0 Å². The van der Waals surface area contributed by atoms with Gasteiger partial charge < -0.3 is 14.2 Å². The second-order valence-electron chi connectivity index (χ2n) is 5.30. The molecule has 0 aromatic heterocycles. The third kappa shape index (κ3) is 6.40. The van der Waals surface area contributed by atoms with Gasteiger partial charge in [-0.25, -0.2) is 0 Å². The first-order chi connectivity index (χ1) is 11.9. The monoisotopic (exact) mass is 361 g/mol. The van der Waals surface area contributed by atoms with E-state index in [1.165, 1.54) is 25.3 Å². The molecule has 7 heteroatoms. The maximum Gasteiger partial charge on any atom is 0.332 e. The topological polar surface area (TPSA) is 81.7 Å². The number of carbonyl (C=O) groups is 1. The van der Waals surface area contributed by atoms with Gasteiger partial charge in [-0.05, 0) is 42.8 Å². The molecule has 0 saturated heterocycles. The van der Waals surface area contributed by atoms with E-state index in [0.717, 1.165) is 16.5 Å². The van der Waals surface area contributed by atoms with Gasteiger partial charge in [0.25, 0.3) is 0 Å². The molecule has 1 amide bonds. The van der Waals surface area contributed by atoms with Crippen molar-refractivity contribution in [1.82, 2.24) is 0 Å². The van der Waals surface area contributed by atoms with Crippen LogP contribution in [-0.2, 0) is 19.6 Å².